The van der Waals surface area contributed by atoms with Crippen LogP contribution in [0.25, 0.3) is 10.9 Å². The van der Waals surface area contributed by atoms with Gasteiger partial charge in [-0.25, -0.2) is 4.39 Å². The second-order valence-electron chi connectivity index (χ2n) is 7.76. The zero-order chi connectivity index (χ0) is 18.3. The van der Waals surface area contributed by atoms with Crippen LogP contribution in [0.2, 0.25) is 0 Å². The first kappa shape index (κ1) is 17.5. The number of likely N-dealkylation sites (N-methyl/N-ethyl adjacent to an activating group) is 1. The highest BCUT2D eigenvalue weighted by atomic mass is 19.1. The van der Waals surface area contributed by atoms with Crippen LogP contribution in [0.4, 0.5) is 4.39 Å². The van der Waals surface area contributed by atoms with Gasteiger partial charge >= 0.3 is 0 Å². The van der Waals surface area contributed by atoms with E-state index in [4.69, 9.17) is 0 Å². The van der Waals surface area contributed by atoms with E-state index in [0.717, 1.165) is 74.1 Å². The number of carbonyl (C=O) groups excluding carboxylic acids is 1. The van der Waals surface area contributed by atoms with Gasteiger partial charge in [-0.15, -0.1) is 0 Å². The van der Waals surface area contributed by atoms with Gasteiger partial charge in [0.1, 0.15) is 11.4 Å². The summed E-state index contributed by atoms with van der Waals surface area (Å²) in [7, 11) is 2.08. The second-order valence-corrected chi connectivity index (χ2v) is 7.76. The Morgan fingerprint density at radius 2 is 2.00 bits per heavy atom. The van der Waals surface area contributed by atoms with Gasteiger partial charge in [-0.2, -0.15) is 0 Å². The molecule has 1 aromatic carbocycles. The lowest BCUT2D eigenvalue weighted by molar-refractivity contribution is -0.134. The summed E-state index contributed by atoms with van der Waals surface area (Å²) in [6.45, 7) is 6.38. The summed E-state index contributed by atoms with van der Waals surface area (Å²) in [6.07, 6.45) is 2.71. The first-order valence-electron chi connectivity index (χ1n) is 9.48. The molecule has 2 aliphatic heterocycles. The summed E-state index contributed by atoms with van der Waals surface area (Å²) in [6, 6.07) is 4.89. The third kappa shape index (κ3) is 2.91. The second kappa shape index (κ2) is 6.67. The maximum Gasteiger partial charge on any atom is 0.240 e. The van der Waals surface area contributed by atoms with Crippen molar-refractivity contribution in [1.82, 2.24) is 20.1 Å². The number of benzene rings is 1. The molecule has 0 saturated carbocycles. The molecule has 5 nitrogen and oxygen atoms in total. The zero-order valence-electron chi connectivity index (χ0n) is 15.6. The molecule has 0 radical (unpaired) electrons. The summed E-state index contributed by atoms with van der Waals surface area (Å²) in [5.41, 5.74) is 2.88. The van der Waals surface area contributed by atoms with Crippen molar-refractivity contribution in [3.8, 4) is 0 Å². The lowest BCUT2D eigenvalue weighted by Gasteiger charge is -2.45. The minimum Gasteiger partial charge on any atom is -0.357 e. The normalized spacial score (nSPS) is 21.9. The van der Waals surface area contributed by atoms with E-state index in [1.165, 1.54) is 6.07 Å². The molecule has 6 heteroatoms. The Bertz CT molecular complexity index is 823. The summed E-state index contributed by atoms with van der Waals surface area (Å²) in [5, 5.41) is 4.05. The topological polar surface area (TPSA) is 51.4 Å². The molecule has 0 atom stereocenters. The summed E-state index contributed by atoms with van der Waals surface area (Å²) < 4.78 is 13.5. The number of aromatic amines is 1. The molecule has 2 aromatic rings. The number of halogens is 1. The van der Waals surface area contributed by atoms with E-state index in [1.807, 2.05) is 6.92 Å². The van der Waals surface area contributed by atoms with Crippen molar-refractivity contribution in [2.24, 2.45) is 0 Å². The Labute approximate surface area is 153 Å². The molecule has 1 aromatic heterocycles. The molecule has 2 fully saturated rings. The molecular formula is C20H27FN4O. The van der Waals surface area contributed by atoms with E-state index >= 15 is 0 Å². The molecule has 0 bridgehead atoms. The fraction of sp³-hybridized carbons (Fsp3) is 0.550. The van der Waals surface area contributed by atoms with Crippen LogP contribution in [0.5, 0.6) is 0 Å². The Hall–Kier alpha value is -1.92. The molecule has 2 N–H and O–H groups in total. The van der Waals surface area contributed by atoms with Crippen LogP contribution in [0.1, 0.15) is 30.5 Å². The van der Waals surface area contributed by atoms with E-state index in [9.17, 15) is 9.18 Å². The number of nitrogens with zero attached hydrogens (tertiary/aromatic N) is 2. The average Bonchev–Trinajstić information content (AvgIpc) is 2.87. The van der Waals surface area contributed by atoms with Crippen LogP contribution in [0.3, 0.4) is 0 Å². The number of piperidine rings is 1. The van der Waals surface area contributed by atoms with E-state index in [2.05, 4.69) is 27.1 Å². The van der Waals surface area contributed by atoms with E-state index in [0.29, 0.717) is 0 Å². The highest BCUT2D eigenvalue weighted by Gasteiger charge is 2.45. The summed E-state index contributed by atoms with van der Waals surface area (Å²) in [5.74, 6) is -0.0112. The van der Waals surface area contributed by atoms with Gasteiger partial charge < -0.3 is 10.3 Å². The van der Waals surface area contributed by atoms with Crippen LogP contribution in [-0.4, -0.2) is 59.5 Å². The average molecular weight is 358 g/mol. The number of fused-ring (bicyclic) bond motifs is 1. The molecule has 2 aliphatic rings. The van der Waals surface area contributed by atoms with Crippen LogP contribution in [-0.2, 0) is 11.3 Å². The van der Waals surface area contributed by atoms with Gasteiger partial charge in [-0.3, -0.25) is 14.6 Å². The lowest BCUT2D eigenvalue weighted by Crippen LogP contribution is -2.60. The largest absolute Gasteiger partial charge is 0.357 e. The Kier molecular flexibility index (Phi) is 4.49. The van der Waals surface area contributed by atoms with Gasteiger partial charge in [0.25, 0.3) is 0 Å². The molecule has 0 aliphatic carbocycles. The number of aryl methyl sites for hydroxylation is 1. The predicted octanol–water partition coefficient (Wildman–Crippen LogP) is 2.40. The number of aromatic nitrogens is 1. The maximum atomic E-state index is 13.5. The maximum absolute atomic E-state index is 13.5. The monoisotopic (exact) mass is 358 g/mol. The van der Waals surface area contributed by atoms with Gasteiger partial charge in [0, 0.05) is 49.3 Å². The van der Waals surface area contributed by atoms with Crippen LogP contribution < -0.4 is 5.32 Å². The minimum absolute atomic E-state index is 0.189. The highest BCUT2D eigenvalue weighted by molar-refractivity contribution is 5.87. The number of likely N-dealkylation sites (tertiary alicyclic amines) is 1. The first-order chi connectivity index (χ1) is 12.5. The van der Waals surface area contributed by atoms with Gasteiger partial charge in [-0.05, 0) is 57.0 Å². The zero-order valence-corrected chi connectivity index (χ0v) is 15.6. The molecular weight excluding hydrogens is 331 g/mol. The van der Waals surface area contributed by atoms with Crippen molar-refractivity contribution in [3.63, 3.8) is 0 Å². The van der Waals surface area contributed by atoms with Gasteiger partial charge in [0.2, 0.25) is 5.91 Å². The van der Waals surface area contributed by atoms with Crippen molar-refractivity contribution in [3.05, 3.63) is 35.3 Å². The van der Waals surface area contributed by atoms with Crippen molar-refractivity contribution in [1.29, 1.82) is 0 Å². The molecule has 26 heavy (non-hydrogen) atoms. The highest BCUT2D eigenvalue weighted by Crippen LogP contribution is 2.31. The first-order valence-corrected chi connectivity index (χ1v) is 9.48. The van der Waals surface area contributed by atoms with Crippen molar-refractivity contribution >= 4 is 16.8 Å². The molecule has 4 rings (SSSR count). The summed E-state index contributed by atoms with van der Waals surface area (Å²) >= 11 is 0. The van der Waals surface area contributed by atoms with Crippen molar-refractivity contribution < 1.29 is 9.18 Å². The number of hydrogen-bond donors (Lipinski definition) is 2. The van der Waals surface area contributed by atoms with E-state index in [1.54, 1.807) is 12.1 Å². The standard InChI is InChI=1S/C20H27FN4O/c1-14-16-12-15(21)4-5-17(16)23-18(14)13-25-10-6-20(7-11-25)19(26)22-8-3-9-24(20)2/h4-5,12,23H,3,6-11,13H2,1-2H3,(H,22,26). The van der Waals surface area contributed by atoms with E-state index in [-0.39, 0.29) is 17.3 Å². The molecule has 2 saturated heterocycles. The van der Waals surface area contributed by atoms with E-state index < -0.39 is 0 Å². The molecule has 1 spiro atoms. The van der Waals surface area contributed by atoms with Gasteiger partial charge in [-0.1, -0.05) is 0 Å². The number of carbonyl (C=O) groups is 1. The number of amides is 1. The predicted molar refractivity (Wildman–Crippen MR) is 100 cm³/mol. The Balaban J connectivity index is 1.49. The number of hydrogen-bond acceptors (Lipinski definition) is 3. The van der Waals surface area contributed by atoms with Crippen LogP contribution >= 0.6 is 0 Å². The van der Waals surface area contributed by atoms with Gasteiger partial charge in [0.15, 0.2) is 0 Å². The number of nitrogens with one attached hydrogen (secondary N) is 2. The Morgan fingerprint density at radius 3 is 2.77 bits per heavy atom. The fourth-order valence-corrected chi connectivity index (χ4v) is 4.50. The van der Waals surface area contributed by atoms with Crippen LogP contribution in [0, 0.1) is 12.7 Å². The van der Waals surface area contributed by atoms with Crippen LogP contribution in [0.15, 0.2) is 18.2 Å². The van der Waals surface area contributed by atoms with Gasteiger partial charge in [0.05, 0.1) is 0 Å². The molecule has 3 heterocycles. The SMILES string of the molecule is Cc1c(CN2CCC3(CC2)C(=O)NCCCN3C)[nH]c2ccc(F)cc12. The van der Waals surface area contributed by atoms with Crippen molar-refractivity contribution in [2.75, 3.05) is 33.2 Å². The Morgan fingerprint density at radius 1 is 1.23 bits per heavy atom. The van der Waals surface area contributed by atoms with Crippen molar-refractivity contribution in [2.45, 2.75) is 38.3 Å². The third-order valence-corrected chi connectivity index (χ3v) is 6.30. The fourth-order valence-electron chi connectivity index (χ4n) is 4.50. The smallest absolute Gasteiger partial charge is 0.240 e. The third-order valence-electron chi connectivity index (χ3n) is 6.30. The molecule has 140 valence electrons. The minimum atomic E-state index is -0.356. The number of rotatable bonds is 2. The summed E-state index contributed by atoms with van der Waals surface area (Å²) in [4.78, 5) is 20.7. The molecule has 0 unspecified atom stereocenters. The number of H-pyrrole nitrogens is 1. The lowest BCUT2D eigenvalue weighted by atomic mass is 9.85. The quantitative estimate of drug-likeness (QED) is 0.867. The molecule has 1 amide bonds.